The van der Waals surface area contributed by atoms with Crippen LogP contribution in [0, 0.1) is 11.3 Å². The molecule has 88 valence electrons. The normalized spacial score (nSPS) is 13.5. The van der Waals surface area contributed by atoms with Crippen molar-refractivity contribution >= 4 is 8.32 Å². The minimum atomic E-state index is -1.57. The van der Waals surface area contributed by atoms with E-state index in [1.54, 1.807) is 0 Å². The Morgan fingerprint density at radius 2 is 1.67 bits per heavy atom. The third kappa shape index (κ3) is 4.81. The zero-order valence-electron chi connectivity index (χ0n) is 10.7. The predicted octanol–water partition coefficient (Wildman–Crippen LogP) is 4.09. The van der Waals surface area contributed by atoms with E-state index in [4.69, 9.17) is 9.69 Å². The molecule has 1 unspecified atom stereocenters. The summed E-state index contributed by atoms with van der Waals surface area (Å²) in [6.07, 6.45) is 2.98. The lowest BCUT2D eigenvalue weighted by Crippen LogP contribution is -2.39. The summed E-state index contributed by atoms with van der Waals surface area (Å²) in [5, 5.41) is 9.05. The highest BCUT2D eigenvalue weighted by Crippen LogP contribution is 2.24. The van der Waals surface area contributed by atoms with Gasteiger partial charge in [-0.15, -0.1) is 0 Å². The van der Waals surface area contributed by atoms with E-state index < -0.39 is 8.32 Å². The maximum Gasteiger partial charge on any atom is 0.193 e. The van der Waals surface area contributed by atoms with Gasteiger partial charge in [-0.2, -0.15) is 5.26 Å². The van der Waals surface area contributed by atoms with Crippen LogP contribution in [-0.2, 0) is 4.43 Å². The molecule has 0 amide bonds. The summed E-state index contributed by atoms with van der Waals surface area (Å²) >= 11 is 0. The summed E-state index contributed by atoms with van der Waals surface area (Å²) in [7, 11) is -1.57. The van der Waals surface area contributed by atoms with E-state index in [0.717, 1.165) is 37.4 Å². The van der Waals surface area contributed by atoms with Crippen molar-refractivity contribution in [1.82, 2.24) is 0 Å². The Hall–Kier alpha value is -0.333. The van der Waals surface area contributed by atoms with Crippen molar-refractivity contribution in [3.63, 3.8) is 0 Å². The molecule has 0 aliphatic rings. The van der Waals surface area contributed by atoms with Gasteiger partial charge >= 0.3 is 0 Å². The minimum absolute atomic E-state index is 0.156. The van der Waals surface area contributed by atoms with Crippen molar-refractivity contribution in [3.05, 3.63) is 0 Å². The van der Waals surface area contributed by atoms with E-state index in [9.17, 15) is 0 Å². The lowest BCUT2D eigenvalue weighted by atomic mass is 10.2. The maximum atomic E-state index is 9.05. The maximum absolute atomic E-state index is 9.05. The molecule has 1 atom stereocenters. The highest BCUT2D eigenvalue weighted by molar-refractivity contribution is 6.73. The molecule has 3 heteroatoms. The molecular weight excluding hydrogens is 202 g/mol. The van der Waals surface area contributed by atoms with Crippen molar-refractivity contribution in [1.29, 1.82) is 5.26 Å². The van der Waals surface area contributed by atoms with Crippen LogP contribution in [0.3, 0.4) is 0 Å². The van der Waals surface area contributed by atoms with Gasteiger partial charge in [0.25, 0.3) is 0 Å². The third-order valence-corrected chi connectivity index (χ3v) is 7.94. The highest BCUT2D eigenvalue weighted by atomic mass is 28.4. The number of nitriles is 1. The Kier molecular flexibility index (Phi) is 7.72. The monoisotopic (exact) mass is 227 g/mol. The zero-order valence-corrected chi connectivity index (χ0v) is 11.7. The Morgan fingerprint density at radius 1 is 1.13 bits per heavy atom. The molecule has 0 aromatic rings. The van der Waals surface area contributed by atoms with Crippen molar-refractivity contribution in [3.8, 4) is 6.07 Å². The molecule has 0 saturated carbocycles. The molecular formula is C12H25NOSi. The van der Waals surface area contributed by atoms with Crippen LogP contribution in [0.4, 0.5) is 0 Å². The van der Waals surface area contributed by atoms with Crippen LogP contribution in [-0.4, -0.2) is 14.4 Å². The first kappa shape index (κ1) is 14.7. The molecule has 0 bridgehead atoms. The topological polar surface area (TPSA) is 33.0 Å². The van der Waals surface area contributed by atoms with E-state index in [1.165, 1.54) is 0 Å². The summed E-state index contributed by atoms with van der Waals surface area (Å²) < 4.78 is 6.11. The van der Waals surface area contributed by atoms with Gasteiger partial charge in [0.05, 0.1) is 6.07 Å². The van der Waals surface area contributed by atoms with E-state index in [1.807, 2.05) is 0 Å². The van der Waals surface area contributed by atoms with Crippen molar-refractivity contribution in [2.45, 2.75) is 71.2 Å². The molecule has 0 N–H and O–H groups in total. The van der Waals surface area contributed by atoms with Crippen molar-refractivity contribution in [2.24, 2.45) is 0 Å². The lowest BCUT2D eigenvalue weighted by molar-refractivity contribution is 0.225. The van der Waals surface area contributed by atoms with Crippen LogP contribution in [0.15, 0.2) is 0 Å². The first-order valence-corrected chi connectivity index (χ1v) is 8.78. The number of unbranched alkanes of at least 4 members (excludes halogenated alkanes) is 1. The molecule has 0 aliphatic heterocycles. The minimum Gasteiger partial charge on any atom is -0.401 e. The second kappa shape index (κ2) is 7.89. The second-order valence-corrected chi connectivity index (χ2v) is 8.84. The molecule has 0 saturated heterocycles. The fourth-order valence-corrected chi connectivity index (χ4v) is 4.62. The molecule has 2 nitrogen and oxygen atoms in total. The van der Waals surface area contributed by atoms with Gasteiger partial charge in [0, 0.05) is 0 Å². The molecule has 0 aromatic carbocycles. The highest BCUT2D eigenvalue weighted by Gasteiger charge is 2.31. The average molecular weight is 227 g/mol. The number of nitrogens with zero attached hydrogens (tertiary/aromatic N) is 1. The van der Waals surface area contributed by atoms with E-state index in [-0.39, 0.29) is 6.10 Å². The van der Waals surface area contributed by atoms with Gasteiger partial charge in [-0.05, 0) is 24.6 Å². The van der Waals surface area contributed by atoms with Crippen molar-refractivity contribution in [2.75, 3.05) is 0 Å². The van der Waals surface area contributed by atoms with Crippen LogP contribution < -0.4 is 0 Å². The van der Waals surface area contributed by atoms with Gasteiger partial charge in [-0.3, -0.25) is 0 Å². The SMILES string of the molecule is CCCCC(C#N)O[Si](CC)(CC)CC. The molecule has 0 aliphatic carbocycles. The summed E-state index contributed by atoms with van der Waals surface area (Å²) in [4.78, 5) is 0. The zero-order chi connectivity index (χ0) is 11.7. The van der Waals surface area contributed by atoms with E-state index in [0.29, 0.717) is 0 Å². The average Bonchev–Trinajstić information content (AvgIpc) is 2.30. The quantitative estimate of drug-likeness (QED) is 0.585. The molecule has 0 rings (SSSR count). The Labute approximate surface area is 95.8 Å². The Balaban J connectivity index is 4.29. The Bertz CT molecular complexity index is 188. The lowest BCUT2D eigenvalue weighted by Gasteiger charge is -2.30. The van der Waals surface area contributed by atoms with Crippen LogP contribution in [0.2, 0.25) is 18.1 Å². The number of rotatable bonds is 8. The second-order valence-electron chi connectivity index (χ2n) is 4.12. The van der Waals surface area contributed by atoms with Gasteiger partial charge in [-0.1, -0.05) is 40.5 Å². The summed E-state index contributed by atoms with van der Waals surface area (Å²) in [6.45, 7) is 8.76. The number of hydrogen-bond acceptors (Lipinski definition) is 2. The third-order valence-electron chi connectivity index (χ3n) is 3.29. The van der Waals surface area contributed by atoms with Crippen LogP contribution in [0.5, 0.6) is 0 Å². The van der Waals surface area contributed by atoms with Gasteiger partial charge in [0.1, 0.15) is 6.10 Å². The van der Waals surface area contributed by atoms with Gasteiger partial charge in [0.15, 0.2) is 8.32 Å². The van der Waals surface area contributed by atoms with Crippen LogP contribution in [0.25, 0.3) is 0 Å². The van der Waals surface area contributed by atoms with Crippen LogP contribution in [0.1, 0.15) is 47.0 Å². The smallest absolute Gasteiger partial charge is 0.193 e. The standard InChI is InChI=1S/C12H25NOSi/c1-5-9-10-12(11-13)14-15(6-2,7-3)8-4/h12H,5-10H2,1-4H3. The summed E-state index contributed by atoms with van der Waals surface area (Å²) in [6, 6.07) is 5.70. The molecule has 15 heavy (non-hydrogen) atoms. The van der Waals surface area contributed by atoms with E-state index >= 15 is 0 Å². The molecule has 0 aromatic heterocycles. The molecule has 0 heterocycles. The molecule has 0 radical (unpaired) electrons. The first-order valence-electron chi connectivity index (χ1n) is 6.25. The predicted molar refractivity (Wildman–Crippen MR) is 67.2 cm³/mol. The first-order chi connectivity index (χ1) is 7.17. The van der Waals surface area contributed by atoms with Gasteiger partial charge in [-0.25, -0.2) is 0 Å². The number of hydrogen-bond donors (Lipinski definition) is 0. The largest absolute Gasteiger partial charge is 0.401 e. The fourth-order valence-electron chi connectivity index (χ4n) is 1.84. The van der Waals surface area contributed by atoms with Crippen LogP contribution >= 0.6 is 0 Å². The van der Waals surface area contributed by atoms with Crippen molar-refractivity contribution < 1.29 is 4.43 Å². The molecule has 0 fully saturated rings. The summed E-state index contributed by atoms with van der Waals surface area (Å²) in [5.74, 6) is 0. The van der Waals surface area contributed by atoms with Gasteiger partial charge in [0.2, 0.25) is 0 Å². The molecule has 0 spiro atoms. The summed E-state index contributed by atoms with van der Waals surface area (Å²) in [5.41, 5.74) is 0. The van der Waals surface area contributed by atoms with E-state index in [2.05, 4.69) is 33.8 Å². The van der Waals surface area contributed by atoms with Gasteiger partial charge < -0.3 is 4.43 Å². The Morgan fingerprint density at radius 3 is 2.00 bits per heavy atom. The fraction of sp³-hybridized carbons (Fsp3) is 0.917.